The van der Waals surface area contributed by atoms with Crippen molar-refractivity contribution < 1.29 is 9.59 Å². The van der Waals surface area contributed by atoms with Crippen LogP contribution in [-0.2, 0) is 13.0 Å². The zero-order valence-electron chi connectivity index (χ0n) is 14.9. The van der Waals surface area contributed by atoms with E-state index in [2.05, 4.69) is 21.8 Å². The van der Waals surface area contributed by atoms with Gasteiger partial charge in [0.05, 0.1) is 0 Å². The number of fused-ring (bicyclic) bond motifs is 1. The van der Waals surface area contributed by atoms with Gasteiger partial charge in [0.1, 0.15) is 11.5 Å². The summed E-state index contributed by atoms with van der Waals surface area (Å²) in [6.07, 6.45) is 5.97. The van der Waals surface area contributed by atoms with Crippen LogP contribution in [-0.4, -0.2) is 64.0 Å². The summed E-state index contributed by atoms with van der Waals surface area (Å²) in [4.78, 5) is 32.9. The molecule has 25 heavy (non-hydrogen) atoms. The molecule has 0 aromatic carbocycles. The first-order valence-corrected chi connectivity index (χ1v) is 9.48. The maximum absolute atomic E-state index is 12.8. The molecule has 0 aliphatic carbocycles. The lowest BCUT2D eigenvalue weighted by atomic mass is 9.96. The van der Waals surface area contributed by atoms with Gasteiger partial charge in [-0.25, -0.2) is 9.78 Å². The summed E-state index contributed by atoms with van der Waals surface area (Å²) < 4.78 is 2.15. The molecule has 0 spiro atoms. The molecule has 1 unspecified atom stereocenters. The van der Waals surface area contributed by atoms with Crippen molar-refractivity contribution >= 4 is 11.9 Å². The van der Waals surface area contributed by atoms with Gasteiger partial charge in [-0.1, -0.05) is 6.92 Å². The van der Waals surface area contributed by atoms with Crippen LogP contribution in [0.15, 0.2) is 6.20 Å². The fraction of sp³-hybridized carbons (Fsp3) is 0.722. The highest BCUT2D eigenvalue weighted by Gasteiger charge is 2.29. The van der Waals surface area contributed by atoms with E-state index in [0.29, 0.717) is 17.5 Å². The van der Waals surface area contributed by atoms with Gasteiger partial charge in [0, 0.05) is 51.9 Å². The van der Waals surface area contributed by atoms with Gasteiger partial charge in [-0.3, -0.25) is 4.79 Å². The number of hydrogen-bond donors (Lipinski definition) is 1. The molecule has 2 fully saturated rings. The highest BCUT2D eigenvalue weighted by molar-refractivity contribution is 5.92. The smallest absolute Gasteiger partial charge is 0.317 e. The molecule has 7 nitrogen and oxygen atoms in total. The van der Waals surface area contributed by atoms with Gasteiger partial charge >= 0.3 is 6.03 Å². The largest absolute Gasteiger partial charge is 0.337 e. The van der Waals surface area contributed by atoms with Crippen LogP contribution >= 0.6 is 0 Å². The van der Waals surface area contributed by atoms with Crippen LogP contribution in [0.1, 0.15) is 42.5 Å². The normalized spacial score (nSPS) is 24.4. The van der Waals surface area contributed by atoms with Crippen molar-refractivity contribution in [3.63, 3.8) is 0 Å². The van der Waals surface area contributed by atoms with Crippen molar-refractivity contribution in [3.05, 3.63) is 17.7 Å². The Morgan fingerprint density at radius 1 is 1.28 bits per heavy atom. The van der Waals surface area contributed by atoms with Crippen molar-refractivity contribution in [2.24, 2.45) is 11.8 Å². The Hall–Kier alpha value is -2.05. The summed E-state index contributed by atoms with van der Waals surface area (Å²) in [5.74, 6) is 2.26. The summed E-state index contributed by atoms with van der Waals surface area (Å²) in [5, 5.41) is 2.85. The highest BCUT2D eigenvalue weighted by atomic mass is 16.2. The molecule has 1 atom stereocenters. The second kappa shape index (κ2) is 6.69. The van der Waals surface area contributed by atoms with E-state index in [1.807, 2.05) is 16.0 Å². The first kappa shape index (κ1) is 16.4. The molecule has 7 heteroatoms. The van der Waals surface area contributed by atoms with Crippen molar-refractivity contribution in [2.45, 2.75) is 39.2 Å². The predicted octanol–water partition coefficient (Wildman–Crippen LogP) is 1.34. The number of urea groups is 1. The first-order chi connectivity index (χ1) is 12.1. The summed E-state index contributed by atoms with van der Waals surface area (Å²) in [5.41, 5.74) is 0.599. The molecule has 2 saturated heterocycles. The molecule has 3 aliphatic rings. The van der Waals surface area contributed by atoms with Gasteiger partial charge in [-0.15, -0.1) is 0 Å². The zero-order chi connectivity index (χ0) is 17.4. The molecule has 4 heterocycles. The maximum atomic E-state index is 12.8. The van der Waals surface area contributed by atoms with Crippen molar-refractivity contribution in [1.82, 2.24) is 24.7 Å². The minimum Gasteiger partial charge on any atom is -0.337 e. The Morgan fingerprint density at radius 2 is 2.08 bits per heavy atom. The van der Waals surface area contributed by atoms with Crippen molar-refractivity contribution in [1.29, 1.82) is 0 Å². The van der Waals surface area contributed by atoms with Gasteiger partial charge in [0.15, 0.2) is 0 Å². The van der Waals surface area contributed by atoms with E-state index in [9.17, 15) is 9.59 Å². The van der Waals surface area contributed by atoms with E-state index in [1.54, 1.807) is 0 Å². The molecule has 1 aromatic rings. The third kappa shape index (κ3) is 3.37. The zero-order valence-corrected chi connectivity index (χ0v) is 14.9. The van der Waals surface area contributed by atoms with E-state index < -0.39 is 0 Å². The second-order valence-electron chi connectivity index (χ2n) is 7.75. The topological polar surface area (TPSA) is 70.5 Å². The second-order valence-corrected chi connectivity index (χ2v) is 7.75. The summed E-state index contributed by atoms with van der Waals surface area (Å²) >= 11 is 0. The van der Waals surface area contributed by atoms with E-state index in [-0.39, 0.29) is 11.9 Å². The Bertz CT molecular complexity index is 662. The lowest BCUT2D eigenvalue weighted by Gasteiger charge is -2.33. The van der Waals surface area contributed by atoms with Gasteiger partial charge in [-0.2, -0.15) is 0 Å². The number of piperidine rings is 1. The molecule has 0 bridgehead atoms. The first-order valence-electron chi connectivity index (χ1n) is 9.48. The average molecular weight is 345 g/mol. The van der Waals surface area contributed by atoms with Crippen LogP contribution in [0, 0.1) is 11.8 Å². The lowest BCUT2D eigenvalue weighted by Crippen LogP contribution is -2.42. The summed E-state index contributed by atoms with van der Waals surface area (Å²) in [7, 11) is 0. The monoisotopic (exact) mass is 345 g/mol. The van der Waals surface area contributed by atoms with Crippen LogP contribution in [0.3, 0.4) is 0 Å². The number of carbonyl (C=O) groups excluding carboxylic acids is 2. The molecule has 0 saturated carbocycles. The van der Waals surface area contributed by atoms with Crippen LogP contribution < -0.4 is 5.32 Å². The number of nitrogens with one attached hydrogen (secondary N) is 1. The van der Waals surface area contributed by atoms with Gasteiger partial charge in [0.2, 0.25) is 0 Å². The number of imidazole rings is 1. The molecule has 3 aliphatic heterocycles. The number of likely N-dealkylation sites (tertiary alicyclic amines) is 1. The predicted molar refractivity (Wildman–Crippen MR) is 93.3 cm³/mol. The minimum atomic E-state index is 0.0522. The van der Waals surface area contributed by atoms with Gasteiger partial charge in [0.25, 0.3) is 5.91 Å². The van der Waals surface area contributed by atoms with Crippen LogP contribution in [0.2, 0.25) is 0 Å². The molecular formula is C18H27N5O2. The number of aromatic nitrogens is 2. The van der Waals surface area contributed by atoms with E-state index in [4.69, 9.17) is 0 Å². The maximum Gasteiger partial charge on any atom is 0.317 e. The SMILES string of the molecule is CC1CCc2nc(C(=O)N3CCC(CN4CCNC4=O)CC3)cn2C1. The molecule has 1 N–H and O–H groups in total. The molecule has 136 valence electrons. The number of aryl methyl sites for hydroxylation is 1. The fourth-order valence-corrected chi connectivity index (χ4v) is 4.20. The molecule has 0 radical (unpaired) electrons. The summed E-state index contributed by atoms with van der Waals surface area (Å²) in [6, 6.07) is 0.0522. The third-order valence-corrected chi connectivity index (χ3v) is 5.77. The number of amides is 3. The number of nitrogens with zero attached hydrogens (tertiary/aromatic N) is 4. The van der Waals surface area contributed by atoms with Crippen LogP contribution in [0.4, 0.5) is 4.79 Å². The molecular weight excluding hydrogens is 318 g/mol. The summed E-state index contributed by atoms with van der Waals surface area (Å²) in [6.45, 7) is 7.10. The number of carbonyl (C=O) groups is 2. The van der Waals surface area contributed by atoms with Crippen LogP contribution in [0.25, 0.3) is 0 Å². The standard InChI is InChI=1S/C18H27N5O2/c1-13-2-3-16-20-15(12-23(16)10-13)17(24)21-7-4-14(5-8-21)11-22-9-6-19-18(22)25/h12-14H,2-11H2,1H3,(H,19,25). The quantitative estimate of drug-likeness (QED) is 0.899. The van der Waals surface area contributed by atoms with E-state index in [1.165, 1.54) is 0 Å². The van der Waals surface area contributed by atoms with Crippen molar-refractivity contribution in [2.75, 3.05) is 32.7 Å². The minimum absolute atomic E-state index is 0.0522. The van der Waals surface area contributed by atoms with Gasteiger partial charge in [-0.05, 0) is 31.1 Å². The Morgan fingerprint density at radius 3 is 2.80 bits per heavy atom. The molecule has 1 aromatic heterocycles. The lowest BCUT2D eigenvalue weighted by molar-refractivity contribution is 0.0671. The van der Waals surface area contributed by atoms with E-state index in [0.717, 1.165) is 70.8 Å². The molecule has 3 amide bonds. The average Bonchev–Trinajstić information content (AvgIpc) is 3.21. The number of hydrogen-bond acceptors (Lipinski definition) is 3. The Balaban J connectivity index is 1.33. The Labute approximate surface area is 148 Å². The Kier molecular flexibility index (Phi) is 4.39. The number of rotatable bonds is 3. The fourth-order valence-electron chi connectivity index (χ4n) is 4.20. The van der Waals surface area contributed by atoms with Crippen LogP contribution in [0.5, 0.6) is 0 Å². The van der Waals surface area contributed by atoms with Crippen molar-refractivity contribution in [3.8, 4) is 0 Å². The third-order valence-electron chi connectivity index (χ3n) is 5.77. The molecule has 4 rings (SSSR count). The highest BCUT2D eigenvalue weighted by Crippen LogP contribution is 2.23. The van der Waals surface area contributed by atoms with E-state index >= 15 is 0 Å². The van der Waals surface area contributed by atoms with Gasteiger partial charge < -0.3 is 19.7 Å².